The number of hydrogen-bond donors (Lipinski definition) is 0. The molecule has 0 aromatic carbocycles. The first-order valence-corrected chi connectivity index (χ1v) is 9.13. The third-order valence-electron chi connectivity index (χ3n) is 3.60. The van der Waals surface area contributed by atoms with Crippen molar-refractivity contribution in [3.8, 4) is 0 Å². The summed E-state index contributed by atoms with van der Waals surface area (Å²) in [5, 5.41) is 5.48. The Morgan fingerprint density at radius 1 is 1.43 bits per heavy atom. The number of ether oxygens (including phenoxy) is 1. The number of thioether (sulfide) groups is 2. The maximum Gasteiger partial charge on any atom is 0.321 e. The molecule has 5 nitrogen and oxygen atoms in total. The Morgan fingerprint density at radius 2 is 2.14 bits per heavy atom. The third kappa shape index (κ3) is 3.56. The monoisotopic (exact) mass is 330 g/mol. The minimum absolute atomic E-state index is 0.219. The van der Waals surface area contributed by atoms with Gasteiger partial charge in [0, 0.05) is 16.3 Å². The molecular formula is C14H22N2O3S2. The minimum Gasteiger partial charge on any atom is -0.465 e. The van der Waals surface area contributed by atoms with E-state index in [1.54, 1.807) is 20.8 Å². The molecule has 0 radical (unpaired) electrons. The van der Waals surface area contributed by atoms with E-state index < -0.39 is 5.41 Å². The van der Waals surface area contributed by atoms with Crippen molar-refractivity contribution in [3.05, 3.63) is 11.7 Å². The summed E-state index contributed by atoms with van der Waals surface area (Å²) in [5.74, 6) is 1.63. The van der Waals surface area contributed by atoms with Crippen molar-refractivity contribution in [1.29, 1.82) is 0 Å². The van der Waals surface area contributed by atoms with Gasteiger partial charge in [-0.25, -0.2) is 0 Å². The summed E-state index contributed by atoms with van der Waals surface area (Å²) >= 11 is 3.79. The SMILES string of the molecule is CCOC(=O)C(C)(C)c1nc(C2CSC(C)C(C)S2)no1. The smallest absolute Gasteiger partial charge is 0.321 e. The molecule has 1 aliphatic rings. The van der Waals surface area contributed by atoms with Crippen molar-refractivity contribution in [1.82, 2.24) is 10.1 Å². The van der Waals surface area contributed by atoms with E-state index in [0.29, 0.717) is 28.8 Å². The normalized spacial score (nSPS) is 26.6. The van der Waals surface area contributed by atoms with Gasteiger partial charge in [0.25, 0.3) is 0 Å². The molecule has 0 saturated carbocycles. The van der Waals surface area contributed by atoms with Crippen molar-refractivity contribution in [3.63, 3.8) is 0 Å². The number of aromatic nitrogens is 2. The van der Waals surface area contributed by atoms with Crippen LogP contribution in [0.15, 0.2) is 4.52 Å². The number of carbonyl (C=O) groups excluding carboxylic acids is 1. The number of esters is 1. The average Bonchev–Trinajstić information content (AvgIpc) is 2.92. The highest BCUT2D eigenvalue weighted by Crippen LogP contribution is 2.43. The summed E-state index contributed by atoms with van der Waals surface area (Å²) in [7, 11) is 0. The molecule has 1 aliphatic heterocycles. The first-order chi connectivity index (χ1) is 9.86. The first-order valence-electron chi connectivity index (χ1n) is 7.14. The van der Waals surface area contributed by atoms with Crippen LogP contribution in [0.3, 0.4) is 0 Å². The lowest BCUT2D eigenvalue weighted by molar-refractivity contribution is -0.149. The lowest BCUT2D eigenvalue weighted by atomic mass is 9.94. The predicted molar refractivity (Wildman–Crippen MR) is 85.7 cm³/mol. The van der Waals surface area contributed by atoms with E-state index in [-0.39, 0.29) is 11.2 Å². The Bertz CT molecular complexity index is 504. The quantitative estimate of drug-likeness (QED) is 0.785. The van der Waals surface area contributed by atoms with Crippen LogP contribution in [0.5, 0.6) is 0 Å². The molecule has 118 valence electrons. The second-order valence-corrected chi connectivity index (χ2v) is 8.67. The fourth-order valence-electron chi connectivity index (χ4n) is 1.94. The maximum absolute atomic E-state index is 12.0. The number of hydrogen-bond acceptors (Lipinski definition) is 7. The van der Waals surface area contributed by atoms with E-state index in [0.717, 1.165) is 5.75 Å². The largest absolute Gasteiger partial charge is 0.465 e. The highest BCUT2D eigenvalue weighted by molar-refractivity contribution is 8.07. The van der Waals surface area contributed by atoms with Gasteiger partial charge in [0.05, 0.1) is 11.9 Å². The fraction of sp³-hybridized carbons (Fsp3) is 0.786. The van der Waals surface area contributed by atoms with Gasteiger partial charge in [0.15, 0.2) is 5.82 Å². The van der Waals surface area contributed by atoms with Crippen molar-refractivity contribution in [2.45, 2.75) is 55.8 Å². The second-order valence-electron chi connectivity index (χ2n) is 5.67. The molecule has 21 heavy (non-hydrogen) atoms. The zero-order valence-electron chi connectivity index (χ0n) is 13.1. The molecule has 1 aromatic rings. The number of nitrogens with zero attached hydrogens (tertiary/aromatic N) is 2. The van der Waals surface area contributed by atoms with Gasteiger partial charge in [-0.15, -0.1) is 11.8 Å². The maximum atomic E-state index is 12.0. The van der Waals surface area contributed by atoms with Crippen LogP contribution >= 0.6 is 23.5 Å². The lowest BCUT2D eigenvalue weighted by Gasteiger charge is -2.29. The van der Waals surface area contributed by atoms with Crippen molar-refractivity contribution in [2.75, 3.05) is 12.4 Å². The Hall–Kier alpha value is -0.690. The van der Waals surface area contributed by atoms with Crippen molar-refractivity contribution in [2.24, 2.45) is 0 Å². The van der Waals surface area contributed by atoms with Gasteiger partial charge in [-0.1, -0.05) is 19.0 Å². The molecule has 1 aromatic heterocycles. The summed E-state index contributed by atoms with van der Waals surface area (Å²) in [5.41, 5.74) is -0.910. The van der Waals surface area contributed by atoms with Crippen molar-refractivity contribution < 1.29 is 14.1 Å². The van der Waals surface area contributed by atoms with E-state index in [1.165, 1.54) is 0 Å². The van der Waals surface area contributed by atoms with Gasteiger partial charge in [-0.2, -0.15) is 16.7 Å². The molecule has 0 spiro atoms. The van der Waals surface area contributed by atoms with E-state index in [9.17, 15) is 4.79 Å². The third-order valence-corrected chi connectivity index (χ3v) is 6.99. The molecule has 3 atom stereocenters. The molecule has 2 rings (SSSR count). The summed E-state index contributed by atoms with van der Waals surface area (Å²) in [6.45, 7) is 10.1. The molecule has 0 N–H and O–H groups in total. The molecule has 0 bridgehead atoms. The van der Waals surface area contributed by atoms with Crippen LogP contribution in [-0.4, -0.2) is 39.0 Å². The summed E-state index contributed by atoms with van der Waals surface area (Å²) in [6, 6.07) is 0. The van der Waals surface area contributed by atoms with Gasteiger partial charge in [0.2, 0.25) is 5.89 Å². The summed E-state index contributed by atoms with van der Waals surface area (Å²) in [6.07, 6.45) is 0. The number of rotatable bonds is 4. The van der Waals surface area contributed by atoms with Crippen LogP contribution in [0, 0.1) is 0 Å². The van der Waals surface area contributed by atoms with Crippen LogP contribution < -0.4 is 0 Å². The molecule has 7 heteroatoms. The van der Waals surface area contributed by atoms with Crippen LogP contribution in [0.1, 0.15) is 51.6 Å². The Balaban J connectivity index is 2.12. The highest BCUT2D eigenvalue weighted by atomic mass is 32.2. The van der Waals surface area contributed by atoms with Crippen LogP contribution in [-0.2, 0) is 14.9 Å². The van der Waals surface area contributed by atoms with E-state index in [1.807, 2.05) is 23.5 Å². The van der Waals surface area contributed by atoms with Gasteiger partial charge in [-0.3, -0.25) is 4.79 Å². The van der Waals surface area contributed by atoms with Gasteiger partial charge >= 0.3 is 5.97 Å². The van der Waals surface area contributed by atoms with Crippen molar-refractivity contribution >= 4 is 29.5 Å². The van der Waals surface area contributed by atoms with E-state index in [4.69, 9.17) is 9.26 Å². The van der Waals surface area contributed by atoms with Crippen LogP contribution in [0.2, 0.25) is 0 Å². The van der Waals surface area contributed by atoms with Gasteiger partial charge < -0.3 is 9.26 Å². The predicted octanol–water partition coefficient (Wildman–Crippen LogP) is 3.21. The molecular weight excluding hydrogens is 308 g/mol. The van der Waals surface area contributed by atoms with E-state index >= 15 is 0 Å². The average molecular weight is 330 g/mol. The van der Waals surface area contributed by atoms with Crippen LogP contribution in [0.25, 0.3) is 0 Å². The van der Waals surface area contributed by atoms with Crippen LogP contribution in [0.4, 0.5) is 0 Å². The van der Waals surface area contributed by atoms with Gasteiger partial charge in [0.1, 0.15) is 5.41 Å². The molecule has 0 aliphatic carbocycles. The number of carbonyl (C=O) groups is 1. The van der Waals surface area contributed by atoms with E-state index in [2.05, 4.69) is 24.0 Å². The molecule has 1 saturated heterocycles. The topological polar surface area (TPSA) is 65.2 Å². The summed E-state index contributed by atoms with van der Waals surface area (Å²) in [4.78, 5) is 16.4. The molecule has 3 unspecified atom stereocenters. The fourth-order valence-corrected chi connectivity index (χ4v) is 4.77. The first kappa shape index (κ1) is 16.7. The molecule has 0 amide bonds. The molecule has 2 heterocycles. The zero-order chi connectivity index (χ0) is 15.6. The zero-order valence-corrected chi connectivity index (χ0v) is 14.7. The summed E-state index contributed by atoms with van der Waals surface area (Å²) < 4.78 is 10.4. The Kier molecular flexibility index (Phi) is 5.24. The Labute approximate surface area is 134 Å². The lowest BCUT2D eigenvalue weighted by Crippen LogP contribution is -2.31. The molecule has 1 fully saturated rings. The Morgan fingerprint density at radius 3 is 2.76 bits per heavy atom. The minimum atomic E-state index is -0.910. The standard InChI is InChI=1S/C14H22N2O3S2/c1-6-18-13(17)14(4,5)12-15-11(16-19-12)10-7-20-8(2)9(3)21-10/h8-10H,6-7H2,1-5H3. The second kappa shape index (κ2) is 6.60. The van der Waals surface area contributed by atoms with Gasteiger partial charge in [-0.05, 0) is 20.8 Å². The highest BCUT2D eigenvalue weighted by Gasteiger charge is 2.39.